The average molecular weight is 474 g/mol. The summed E-state index contributed by atoms with van der Waals surface area (Å²) >= 11 is 0. The Bertz CT molecular complexity index is 1330. The number of anilines is 2. The summed E-state index contributed by atoms with van der Waals surface area (Å²) in [6, 6.07) is 20.6. The maximum Gasteiger partial charge on any atom is 0.323 e. The minimum absolute atomic E-state index is 0.321. The third kappa shape index (κ3) is 5.18. The molecule has 0 radical (unpaired) electrons. The molecule has 1 saturated heterocycles. The number of amides is 2. The lowest BCUT2D eigenvalue weighted by atomic mass is 9.91. The van der Waals surface area contributed by atoms with Crippen molar-refractivity contribution in [3.05, 3.63) is 78.6 Å². The number of para-hydroxylation sites is 1. The molecule has 2 amide bonds. The van der Waals surface area contributed by atoms with Gasteiger partial charge in [0.1, 0.15) is 11.5 Å². The number of hydrogen-bond acceptors (Lipinski definition) is 4. The van der Waals surface area contributed by atoms with Crippen LogP contribution in [0.3, 0.4) is 0 Å². The number of urea groups is 1. The predicted molar refractivity (Wildman–Crippen MR) is 136 cm³/mol. The van der Waals surface area contributed by atoms with Crippen LogP contribution in [0.5, 0.6) is 0 Å². The Morgan fingerprint density at radius 1 is 1.00 bits per heavy atom. The molecule has 0 bridgehead atoms. The molecule has 0 spiro atoms. The van der Waals surface area contributed by atoms with Crippen molar-refractivity contribution in [2.45, 2.75) is 25.0 Å². The zero-order valence-electron chi connectivity index (χ0n) is 19.5. The number of fused-ring (bicyclic) bond motifs is 1. The number of likely N-dealkylation sites (tertiary alicyclic amines) is 1. The number of piperidine rings is 1. The van der Waals surface area contributed by atoms with Gasteiger partial charge in [-0.25, -0.2) is 9.18 Å². The maximum atomic E-state index is 13.6. The molecule has 1 fully saturated rings. The van der Waals surface area contributed by atoms with E-state index in [1.54, 1.807) is 12.1 Å². The number of carbonyl (C=O) groups excluding carboxylic acids is 1. The first kappa shape index (κ1) is 23.0. The highest BCUT2D eigenvalue weighted by molar-refractivity contribution is 6.02. The standard InChI is InChI=1S/C27H28FN5O2/c1-32-15-13-27(35,14-16-32)18-33-24-12-11-22(30-26(34)29-21-5-3-2-4-6-21)17-23(24)25(31-33)19-7-9-20(28)10-8-19/h2-12,17,35H,13-16,18H2,1H3,(H2,29,30,34). The third-order valence-electron chi connectivity index (χ3n) is 6.52. The summed E-state index contributed by atoms with van der Waals surface area (Å²) < 4.78 is 15.4. The molecule has 3 N–H and O–H groups in total. The minimum Gasteiger partial charge on any atom is -0.388 e. The number of benzene rings is 3. The third-order valence-corrected chi connectivity index (χ3v) is 6.52. The van der Waals surface area contributed by atoms with E-state index in [-0.39, 0.29) is 11.8 Å². The number of aliphatic hydroxyl groups is 1. The first-order valence-corrected chi connectivity index (χ1v) is 11.7. The highest BCUT2D eigenvalue weighted by atomic mass is 19.1. The number of nitrogens with zero attached hydrogens (tertiary/aromatic N) is 3. The number of nitrogens with one attached hydrogen (secondary N) is 2. The first-order valence-electron chi connectivity index (χ1n) is 11.7. The molecule has 1 aromatic heterocycles. The SMILES string of the molecule is CN1CCC(O)(Cn2nc(-c3ccc(F)cc3)c3cc(NC(=O)Nc4ccccc4)ccc32)CC1. The van der Waals surface area contributed by atoms with Gasteiger partial charge in [0.05, 0.1) is 17.7 Å². The van der Waals surface area contributed by atoms with Crippen molar-refractivity contribution in [2.24, 2.45) is 0 Å². The number of aromatic nitrogens is 2. The van der Waals surface area contributed by atoms with Crippen molar-refractivity contribution in [3.8, 4) is 11.3 Å². The molecular weight excluding hydrogens is 445 g/mol. The zero-order chi connectivity index (χ0) is 24.4. The van der Waals surface area contributed by atoms with Crippen LogP contribution in [0.1, 0.15) is 12.8 Å². The fourth-order valence-corrected chi connectivity index (χ4v) is 4.49. The van der Waals surface area contributed by atoms with Crippen LogP contribution in [0.4, 0.5) is 20.6 Å². The molecule has 7 nitrogen and oxygen atoms in total. The van der Waals surface area contributed by atoms with Crippen LogP contribution in [0.15, 0.2) is 72.8 Å². The number of hydrogen-bond donors (Lipinski definition) is 3. The Morgan fingerprint density at radius 3 is 2.40 bits per heavy atom. The molecule has 0 unspecified atom stereocenters. The molecule has 5 rings (SSSR count). The topological polar surface area (TPSA) is 82.4 Å². The van der Waals surface area contributed by atoms with E-state index in [9.17, 15) is 14.3 Å². The van der Waals surface area contributed by atoms with Crippen LogP contribution in [0, 0.1) is 5.82 Å². The molecule has 180 valence electrons. The summed E-state index contributed by atoms with van der Waals surface area (Å²) in [6.45, 7) is 2.01. The molecule has 1 aliphatic rings. The number of rotatable bonds is 5. The van der Waals surface area contributed by atoms with Gasteiger partial charge < -0.3 is 20.6 Å². The van der Waals surface area contributed by atoms with E-state index < -0.39 is 5.60 Å². The van der Waals surface area contributed by atoms with Gasteiger partial charge in [-0.05, 0) is 74.5 Å². The summed E-state index contributed by atoms with van der Waals surface area (Å²) in [5.41, 5.74) is 2.72. The fraction of sp³-hybridized carbons (Fsp3) is 0.259. The van der Waals surface area contributed by atoms with E-state index in [0.717, 1.165) is 29.6 Å². The molecule has 0 aliphatic carbocycles. The quantitative estimate of drug-likeness (QED) is 0.383. The van der Waals surface area contributed by atoms with E-state index in [1.165, 1.54) is 12.1 Å². The summed E-state index contributed by atoms with van der Waals surface area (Å²) in [5, 5.41) is 22.5. The molecule has 2 heterocycles. The Morgan fingerprint density at radius 2 is 1.69 bits per heavy atom. The van der Waals surface area contributed by atoms with Crippen LogP contribution in [-0.4, -0.2) is 51.6 Å². The van der Waals surface area contributed by atoms with E-state index >= 15 is 0 Å². The smallest absolute Gasteiger partial charge is 0.323 e. The lowest BCUT2D eigenvalue weighted by Crippen LogP contribution is -2.45. The number of halogens is 1. The number of carbonyl (C=O) groups is 1. The molecule has 1 aliphatic heterocycles. The second kappa shape index (κ2) is 9.48. The summed E-state index contributed by atoms with van der Waals surface area (Å²) in [4.78, 5) is 14.7. The Labute approximate surface area is 203 Å². The van der Waals surface area contributed by atoms with E-state index in [4.69, 9.17) is 5.10 Å². The van der Waals surface area contributed by atoms with E-state index in [2.05, 4.69) is 22.6 Å². The second-order valence-corrected chi connectivity index (χ2v) is 9.22. The van der Waals surface area contributed by atoms with Gasteiger partial charge >= 0.3 is 6.03 Å². The van der Waals surface area contributed by atoms with Gasteiger partial charge in [0.25, 0.3) is 0 Å². The lowest BCUT2D eigenvalue weighted by Gasteiger charge is -2.36. The van der Waals surface area contributed by atoms with E-state index in [1.807, 2.05) is 53.2 Å². The minimum atomic E-state index is -0.849. The van der Waals surface area contributed by atoms with Crippen molar-refractivity contribution < 1.29 is 14.3 Å². The van der Waals surface area contributed by atoms with Gasteiger partial charge in [0, 0.05) is 35.4 Å². The Hall–Kier alpha value is -3.75. The van der Waals surface area contributed by atoms with Crippen LogP contribution in [0.25, 0.3) is 22.2 Å². The summed E-state index contributed by atoms with van der Waals surface area (Å²) in [6.07, 6.45) is 1.33. The molecule has 3 aromatic carbocycles. The average Bonchev–Trinajstić information content (AvgIpc) is 3.19. The lowest BCUT2D eigenvalue weighted by molar-refractivity contribution is -0.0305. The van der Waals surface area contributed by atoms with Crippen LogP contribution in [-0.2, 0) is 6.54 Å². The Kier molecular flexibility index (Phi) is 6.23. The van der Waals surface area contributed by atoms with Crippen LogP contribution in [0.2, 0.25) is 0 Å². The van der Waals surface area contributed by atoms with Gasteiger partial charge in [-0.15, -0.1) is 0 Å². The van der Waals surface area contributed by atoms with Gasteiger partial charge in [-0.2, -0.15) is 5.10 Å². The molecule has 4 aromatic rings. The van der Waals surface area contributed by atoms with Crippen LogP contribution < -0.4 is 10.6 Å². The van der Waals surface area contributed by atoms with Gasteiger partial charge in [-0.1, -0.05) is 18.2 Å². The fourth-order valence-electron chi connectivity index (χ4n) is 4.49. The zero-order valence-corrected chi connectivity index (χ0v) is 19.5. The maximum absolute atomic E-state index is 13.6. The van der Waals surface area contributed by atoms with Crippen molar-refractivity contribution >= 4 is 28.3 Å². The highest BCUT2D eigenvalue weighted by Crippen LogP contribution is 2.33. The van der Waals surface area contributed by atoms with Gasteiger partial charge in [0.2, 0.25) is 0 Å². The monoisotopic (exact) mass is 473 g/mol. The predicted octanol–water partition coefficient (Wildman–Crippen LogP) is 4.94. The van der Waals surface area contributed by atoms with Crippen LogP contribution >= 0.6 is 0 Å². The van der Waals surface area contributed by atoms with Gasteiger partial charge in [-0.3, -0.25) is 4.68 Å². The highest BCUT2D eigenvalue weighted by Gasteiger charge is 2.32. The largest absolute Gasteiger partial charge is 0.388 e. The summed E-state index contributed by atoms with van der Waals surface area (Å²) in [5.74, 6) is -0.321. The normalized spacial score (nSPS) is 15.7. The van der Waals surface area contributed by atoms with Crippen molar-refractivity contribution in [3.63, 3.8) is 0 Å². The molecule has 35 heavy (non-hydrogen) atoms. The molecule has 0 atom stereocenters. The first-order chi connectivity index (χ1) is 16.9. The molecule has 0 saturated carbocycles. The molecular formula is C27H28FN5O2. The summed E-state index contributed by atoms with van der Waals surface area (Å²) in [7, 11) is 2.05. The molecule has 8 heteroatoms. The van der Waals surface area contributed by atoms with Crippen molar-refractivity contribution in [1.82, 2.24) is 14.7 Å². The van der Waals surface area contributed by atoms with Crippen molar-refractivity contribution in [2.75, 3.05) is 30.8 Å². The Balaban J connectivity index is 1.48. The second-order valence-electron chi connectivity index (χ2n) is 9.22. The van der Waals surface area contributed by atoms with E-state index in [0.29, 0.717) is 36.5 Å². The van der Waals surface area contributed by atoms with Gasteiger partial charge in [0.15, 0.2) is 0 Å². The van der Waals surface area contributed by atoms with Crippen molar-refractivity contribution in [1.29, 1.82) is 0 Å².